The zero-order chi connectivity index (χ0) is 18.1. The molecule has 0 aliphatic rings. The number of benzene rings is 1. The molecule has 1 aromatic heterocycles. The van der Waals surface area contributed by atoms with Crippen molar-refractivity contribution in [2.45, 2.75) is 40.8 Å². The van der Waals surface area contributed by atoms with Gasteiger partial charge in [0, 0.05) is 18.3 Å². The van der Waals surface area contributed by atoms with Crippen LogP contribution in [0.1, 0.15) is 36.2 Å². The Balaban J connectivity index is 0.00000338. The van der Waals surface area contributed by atoms with Crippen molar-refractivity contribution < 1.29 is 4.74 Å². The molecule has 0 saturated heterocycles. The number of nitrogens with zero attached hydrogens (tertiary/aromatic N) is 2. The van der Waals surface area contributed by atoms with E-state index in [9.17, 15) is 0 Å². The summed E-state index contributed by atoms with van der Waals surface area (Å²) in [7, 11) is 0. The number of ether oxygens (including phenoxy) is 1. The zero-order valence-corrected chi connectivity index (χ0v) is 18.3. The van der Waals surface area contributed by atoms with Gasteiger partial charge in [-0.2, -0.15) is 0 Å². The van der Waals surface area contributed by atoms with E-state index in [1.807, 2.05) is 19.2 Å². The molecule has 0 fully saturated rings. The van der Waals surface area contributed by atoms with E-state index in [1.165, 1.54) is 11.1 Å². The summed E-state index contributed by atoms with van der Waals surface area (Å²) in [5, 5.41) is 6.62. The molecule has 1 heterocycles. The number of aromatic nitrogens is 1. The summed E-state index contributed by atoms with van der Waals surface area (Å²) >= 11 is 0. The van der Waals surface area contributed by atoms with Crippen LogP contribution < -0.4 is 15.4 Å². The van der Waals surface area contributed by atoms with E-state index in [4.69, 9.17) is 4.74 Å². The third-order valence-electron chi connectivity index (χ3n) is 3.82. The molecule has 0 saturated carbocycles. The number of halogens is 1. The Morgan fingerprint density at radius 1 is 1.15 bits per heavy atom. The maximum absolute atomic E-state index is 5.74. The third-order valence-corrected chi connectivity index (χ3v) is 3.82. The van der Waals surface area contributed by atoms with Crippen LogP contribution in [0.25, 0.3) is 0 Å². The van der Waals surface area contributed by atoms with Gasteiger partial charge in [-0.05, 0) is 51.0 Å². The third kappa shape index (κ3) is 6.82. The lowest BCUT2D eigenvalue weighted by Gasteiger charge is -2.13. The normalized spacial score (nSPS) is 10.8. The van der Waals surface area contributed by atoms with E-state index in [1.54, 1.807) is 0 Å². The van der Waals surface area contributed by atoms with Crippen molar-refractivity contribution in [1.82, 2.24) is 15.6 Å². The van der Waals surface area contributed by atoms with Crippen LogP contribution in [-0.2, 0) is 13.1 Å². The van der Waals surface area contributed by atoms with Crippen molar-refractivity contribution in [2.75, 3.05) is 13.2 Å². The molecule has 0 unspecified atom stereocenters. The molecule has 0 spiro atoms. The molecule has 0 radical (unpaired) electrons. The summed E-state index contributed by atoms with van der Waals surface area (Å²) in [4.78, 5) is 9.10. The Morgan fingerprint density at radius 3 is 2.65 bits per heavy atom. The van der Waals surface area contributed by atoms with E-state index in [0.29, 0.717) is 19.7 Å². The number of aliphatic imine (C=N–C) groups is 1. The molecule has 2 N–H and O–H groups in total. The Labute approximate surface area is 173 Å². The molecular formula is C20H29IN4O. The highest BCUT2D eigenvalue weighted by atomic mass is 127. The van der Waals surface area contributed by atoms with E-state index in [-0.39, 0.29) is 24.0 Å². The van der Waals surface area contributed by atoms with Gasteiger partial charge in [-0.1, -0.05) is 18.2 Å². The van der Waals surface area contributed by atoms with Gasteiger partial charge in [0.15, 0.2) is 5.96 Å². The van der Waals surface area contributed by atoms with E-state index in [2.05, 4.69) is 65.6 Å². The second kappa shape index (κ2) is 11.7. The molecule has 142 valence electrons. The molecule has 0 atom stereocenters. The monoisotopic (exact) mass is 468 g/mol. The van der Waals surface area contributed by atoms with Crippen LogP contribution in [0.15, 0.2) is 41.5 Å². The Hall–Kier alpha value is -1.83. The molecule has 0 aliphatic carbocycles. The Morgan fingerprint density at radius 2 is 1.96 bits per heavy atom. The average molecular weight is 468 g/mol. The van der Waals surface area contributed by atoms with E-state index in [0.717, 1.165) is 29.5 Å². The van der Waals surface area contributed by atoms with Gasteiger partial charge >= 0.3 is 0 Å². The molecule has 0 aliphatic heterocycles. The van der Waals surface area contributed by atoms with Gasteiger partial charge in [0.2, 0.25) is 0 Å². The van der Waals surface area contributed by atoms with Crippen LogP contribution in [0.4, 0.5) is 0 Å². The van der Waals surface area contributed by atoms with Gasteiger partial charge in [-0.3, -0.25) is 4.98 Å². The minimum Gasteiger partial charge on any atom is -0.494 e. The van der Waals surface area contributed by atoms with Gasteiger partial charge in [0.1, 0.15) is 5.75 Å². The van der Waals surface area contributed by atoms with Crippen LogP contribution in [0, 0.1) is 13.8 Å². The fourth-order valence-corrected chi connectivity index (χ4v) is 2.46. The number of hydrogen-bond acceptors (Lipinski definition) is 3. The quantitative estimate of drug-likeness (QED) is 0.367. The lowest BCUT2D eigenvalue weighted by atomic mass is 10.1. The van der Waals surface area contributed by atoms with E-state index >= 15 is 0 Å². The van der Waals surface area contributed by atoms with Gasteiger partial charge in [-0.25, -0.2) is 4.99 Å². The summed E-state index contributed by atoms with van der Waals surface area (Å²) in [6.45, 7) is 10.8. The smallest absolute Gasteiger partial charge is 0.191 e. The molecule has 0 amide bonds. The zero-order valence-electron chi connectivity index (χ0n) is 16.0. The highest BCUT2D eigenvalue weighted by Gasteiger charge is 2.05. The first-order valence-electron chi connectivity index (χ1n) is 8.79. The summed E-state index contributed by atoms with van der Waals surface area (Å²) in [6, 6.07) is 10.2. The van der Waals surface area contributed by atoms with Crippen LogP contribution >= 0.6 is 24.0 Å². The molecule has 6 heteroatoms. The van der Waals surface area contributed by atoms with Crippen molar-refractivity contribution in [2.24, 2.45) is 4.99 Å². The van der Waals surface area contributed by atoms with Crippen molar-refractivity contribution in [1.29, 1.82) is 0 Å². The topological polar surface area (TPSA) is 58.5 Å². The molecule has 26 heavy (non-hydrogen) atoms. The summed E-state index contributed by atoms with van der Waals surface area (Å²) < 4.78 is 5.74. The number of hydrogen-bond donors (Lipinski definition) is 2. The predicted octanol–water partition coefficient (Wildman–Crippen LogP) is 3.97. The average Bonchev–Trinajstić information content (AvgIpc) is 2.60. The van der Waals surface area contributed by atoms with Crippen molar-refractivity contribution in [3.63, 3.8) is 0 Å². The minimum absolute atomic E-state index is 0. The number of pyridine rings is 1. The number of nitrogens with one attached hydrogen (secondary N) is 2. The number of rotatable bonds is 7. The summed E-state index contributed by atoms with van der Waals surface area (Å²) in [6.07, 6.45) is 1.81. The van der Waals surface area contributed by atoms with Crippen LogP contribution in [-0.4, -0.2) is 24.1 Å². The van der Waals surface area contributed by atoms with E-state index < -0.39 is 0 Å². The molecule has 2 rings (SSSR count). The summed E-state index contributed by atoms with van der Waals surface area (Å²) in [5.41, 5.74) is 4.46. The second-order valence-electron chi connectivity index (χ2n) is 5.86. The molecular weight excluding hydrogens is 439 g/mol. The Bertz CT molecular complexity index is 719. The highest BCUT2D eigenvalue weighted by molar-refractivity contribution is 14.0. The first-order valence-corrected chi connectivity index (χ1v) is 8.79. The molecule has 2 aromatic rings. The summed E-state index contributed by atoms with van der Waals surface area (Å²) in [5.74, 6) is 1.68. The molecule has 5 nitrogen and oxygen atoms in total. The standard InChI is InChI=1S/C20H28N4O.HI/c1-5-21-20(24-14-18-16(4)8-7-11-22-18)23-13-17-10-9-15(3)12-19(17)25-6-2;/h7-12H,5-6,13-14H2,1-4H3,(H2,21,23,24);1H. The van der Waals surface area contributed by atoms with Gasteiger partial charge < -0.3 is 15.4 Å². The van der Waals surface area contributed by atoms with Crippen LogP contribution in [0.5, 0.6) is 5.75 Å². The number of aryl methyl sites for hydroxylation is 2. The largest absolute Gasteiger partial charge is 0.494 e. The SMILES string of the molecule is CCNC(=NCc1ccc(C)cc1OCC)NCc1ncccc1C.I. The maximum Gasteiger partial charge on any atom is 0.191 e. The van der Waals surface area contributed by atoms with Crippen molar-refractivity contribution in [3.05, 3.63) is 58.9 Å². The van der Waals surface area contributed by atoms with Crippen molar-refractivity contribution in [3.8, 4) is 5.75 Å². The van der Waals surface area contributed by atoms with Gasteiger partial charge in [-0.15, -0.1) is 24.0 Å². The predicted molar refractivity (Wildman–Crippen MR) is 118 cm³/mol. The second-order valence-corrected chi connectivity index (χ2v) is 5.86. The highest BCUT2D eigenvalue weighted by Crippen LogP contribution is 2.21. The lowest BCUT2D eigenvalue weighted by Crippen LogP contribution is -2.37. The fourth-order valence-electron chi connectivity index (χ4n) is 2.46. The van der Waals surface area contributed by atoms with Gasteiger partial charge in [0.05, 0.1) is 25.4 Å². The lowest BCUT2D eigenvalue weighted by molar-refractivity contribution is 0.336. The molecule has 1 aromatic carbocycles. The van der Waals surface area contributed by atoms with Crippen LogP contribution in [0.3, 0.4) is 0 Å². The first kappa shape index (κ1) is 22.2. The Kier molecular flexibility index (Phi) is 10.0. The van der Waals surface area contributed by atoms with Gasteiger partial charge in [0.25, 0.3) is 0 Å². The number of guanidine groups is 1. The minimum atomic E-state index is 0. The molecule has 0 bridgehead atoms. The maximum atomic E-state index is 5.74. The fraction of sp³-hybridized carbons (Fsp3) is 0.400. The van der Waals surface area contributed by atoms with Crippen molar-refractivity contribution >= 4 is 29.9 Å². The van der Waals surface area contributed by atoms with Crippen LogP contribution in [0.2, 0.25) is 0 Å². The first-order chi connectivity index (χ1) is 12.1.